The molecule has 0 unspecified atom stereocenters. The highest BCUT2D eigenvalue weighted by Gasteiger charge is 2.23. The Morgan fingerprint density at radius 3 is 2.70 bits per heavy atom. The van der Waals surface area contributed by atoms with Crippen molar-refractivity contribution in [2.75, 3.05) is 26.2 Å². The van der Waals surface area contributed by atoms with Gasteiger partial charge in [-0.05, 0) is 56.7 Å². The first-order valence-corrected chi connectivity index (χ1v) is 8.93. The van der Waals surface area contributed by atoms with E-state index in [1.54, 1.807) is 0 Å². The normalized spacial score (nSPS) is 22.7. The second-order valence-corrected chi connectivity index (χ2v) is 6.90. The van der Waals surface area contributed by atoms with Crippen molar-refractivity contribution in [2.45, 2.75) is 51.7 Å². The number of nitrogens with zero attached hydrogens (tertiary/aromatic N) is 2. The molecule has 0 saturated carbocycles. The summed E-state index contributed by atoms with van der Waals surface area (Å²) in [5.41, 5.74) is 0. The summed E-state index contributed by atoms with van der Waals surface area (Å²) in [6.45, 7) is 4.81. The average molecular weight is 320 g/mol. The summed E-state index contributed by atoms with van der Waals surface area (Å²) in [6, 6.07) is 3.79. The molecule has 3 heterocycles. The smallest absolute Gasteiger partial charge is 0.222 e. The summed E-state index contributed by atoms with van der Waals surface area (Å²) in [4.78, 5) is 16.6. The van der Waals surface area contributed by atoms with Crippen LogP contribution in [0.4, 0.5) is 0 Å². The van der Waals surface area contributed by atoms with Crippen molar-refractivity contribution in [2.24, 2.45) is 5.92 Å². The van der Waals surface area contributed by atoms with E-state index in [-0.39, 0.29) is 6.61 Å². The zero-order valence-electron chi connectivity index (χ0n) is 13.9. The maximum Gasteiger partial charge on any atom is 0.222 e. The van der Waals surface area contributed by atoms with E-state index in [4.69, 9.17) is 9.52 Å². The van der Waals surface area contributed by atoms with Crippen LogP contribution in [0.2, 0.25) is 0 Å². The number of rotatable bonds is 6. The molecule has 5 nitrogen and oxygen atoms in total. The number of carbonyl (C=O) groups is 1. The summed E-state index contributed by atoms with van der Waals surface area (Å²) in [5.74, 6) is 2.51. The van der Waals surface area contributed by atoms with Crippen LogP contribution < -0.4 is 0 Å². The first kappa shape index (κ1) is 16.5. The molecule has 0 spiro atoms. The first-order valence-electron chi connectivity index (χ1n) is 8.93. The molecule has 0 aliphatic carbocycles. The van der Waals surface area contributed by atoms with Crippen LogP contribution >= 0.6 is 0 Å². The van der Waals surface area contributed by atoms with Crippen molar-refractivity contribution in [3.8, 4) is 0 Å². The molecular formula is C18H28N2O3. The molecule has 2 aliphatic heterocycles. The van der Waals surface area contributed by atoms with E-state index < -0.39 is 0 Å². The number of likely N-dealkylation sites (tertiary alicyclic amines) is 2. The van der Waals surface area contributed by atoms with Gasteiger partial charge in [0.15, 0.2) is 0 Å². The predicted octanol–water partition coefficient (Wildman–Crippen LogP) is 2.39. The number of hydrogen-bond donors (Lipinski definition) is 1. The average Bonchev–Trinajstić information content (AvgIpc) is 3.24. The zero-order valence-corrected chi connectivity index (χ0v) is 13.9. The van der Waals surface area contributed by atoms with Crippen LogP contribution in [0.1, 0.15) is 50.0 Å². The maximum atomic E-state index is 12.2. The third-order valence-electron chi connectivity index (χ3n) is 5.08. The van der Waals surface area contributed by atoms with Gasteiger partial charge in [-0.1, -0.05) is 0 Å². The highest BCUT2D eigenvalue weighted by Crippen LogP contribution is 2.24. The van der Waals surface area contributed by atoms with Gasteiger partial charge in [-0.25, -0.2) is 0 Å². The van der Waals surface area contributed by atoms with Crippen LogP contribution in [0.3, 0.4) is 0 Å². The molecule has 1 atom stereocenters. The predicted molar refractivity (Wildman–Crippen MR) is 87.7 cm³/mol. The number of amides is 1. The van der Waals surface area contributed by atoms with Crippen molar-refractivity contribution < 1.29 is 14.3 Å². The Bertz CT molecular complexity index is 508. The minimum Gasteiger partial charge on any atom is -0.462 e. The summed E-state index contributed by atoms with van der Waals surface area (Å²) in [7, 11) is 0. The second-order valence-electron chi connectivity index (χ2n) is 6.90. The molecule has 23 heavy (non-hydrogen) atoms. The van der Waals surface area contributed by atoms with Gasteiger partial charge in [0.2, 0.25) is 5.91 Å². The van der Waals surface area contributed by atoms with Gasteiger partial charge >= 0.3 is 0 Å². The monoisotopic (exact) mass is 320 g/mol. The highest BCUT2D eigenvalue weighted by molar-refractivity contribution is 5.76. The molecule has 128 valence electrons. The Labute approximate surface area is 138 Å². The van der Waals surface area contributed by atoms with Crippen LogP contribution in [0.25, 0.3) is 0 Å². The van der Waals surface area contributed by atoms with Gasteiger partial charge < -0.3 is 14.4 Å². The third-order valence-corrected chi connectivity index (χ3v) is 5.08. The van der Waals surface area contributed by atoms with E-state index in [9.17, 15) is 4.79 Å². The van der Waals surface area contributed by atoms with Gasteiger partial charge in [-0.15, -0.1) is 0 Å². The fourth-order valence-corrected chi connectivity index (χ4v) is 3.80. The topological polar surface area (TPSA) is 56.9 Å². The van der Waals surface area contributed by atoms with Gasteiger partial charge in [0.1, 0.15) is 18.1 Å². The minimum atomic E-state index is -0.0404. The van der Waals surface area contributed by atoms with E-state index in [2.05, 4.69) is 4.90 Å². The summed E-state index contributed by atoms with van der Waals surface area (Å²) in [5, 5.41) is 9.07. The minimum absolute atomic E-state index is 0.0404. The molecule has 3 rings (SSSR count). The molecule has 0 aromatic carbocycles. The quantitative estimate of drug-likeness (QED) is 0.874. The molecule has 5 heteroatoms. The molecule has 2 fully saturated rings. The molecule has 1 N–H and O–H groups in total. The lowest BCUT2D eigenvalue weighted by atomic mass is 9.93. The van der Waals surface area contributed by atoms with E-state index >= 15 is 0 Å². The lowest BCUT2D eigenvalue weighted by Gasteiger charge is -2.32. The zero-order chi connectivity index (χ0) is 16.1. The Balaban J connectivity index is 1.43. The van der Waals surface area contributed by atoms with Crippen molar-refractivity contribution in [3.63, 3.8) is 0 Å². The van der Waals surface area contributed by atoms with E-state index in [0.717, 1.165) is 44.9 Å². The number of piperidine rings is 1. The summed E-state index contributed by atoms with van der Waals surface area (Å²) >= 11 is 0. The SMILES string of the molecule is O=C(CC[C@H]1CCCN(Cc2ccc(CO)o2)C1)N1CCCC1. The molecule has 0 radical (unpaired) electrons. The number of aliphatic hydroxyl groups is 1. The van der Waals surface area contributed by atoms with Gasteiger partial charge in [0.05, 0.1) is 6.54 Å². The Kier molecular flexibility index (Phi) is 5.73. The van der Waals surface area contributed by atoms with Crippen molar-refractivity contribution in [1.29, 1.82) is 0 Å². The largest absolute Gasteiger partial charge is 0.462 e. The van der Waals surface area contributed by atoms with Crippen molar-refractivity contribution >= 4 is 5.91 Å². The Morgan fingerprint density at radius 1 is 1.17 bits per heavy atom. The number of carbonyl (C=O) groups excluding carboxylic acids is 1. The fourth-order valence-electron chi connectivity index (χ4n) is 3.80. The standard InChI is InChI=1S/C18H28N2O3/c21-14-17-7-6-16(23-17)13-19-9-3-4-15(12-19)5-8-18(22)20-10-1-2-11-20/h6-7,15,21H,1-5,8-14H2/t15-/m1/s1. The lowest BCUT2D eigenvalue weighted by molar-refractivity contribution is -0.130. The maximum absolute atomic E-state index is 12.2. The summed E-state index contributed by atoms with van der Waals surface area (Å²) in [6.07, 6.45) is 6.46. The lowest BCUT2D eigenvalue weighted by Crippen LogP contribution is -2.35. The van der Waals surface area contributed by atoms with Crippen LogP contribution in [0, 0.1) is 5.92 Å². The molecule has 1 aromatic rings. The van der Waals surface area contributed by atoms with Crippen LogP contribution in [0.5, 0.6) is 0 Å². The molecular weight excluding hydrogens is 292 g/mol. The first-order chi connectivity index (χ1) is 11.2. The molecule has 1 amide bonds. The molecule has 2 saturated heterocycles. The van der Waals surface area contributed by atoms with Crippen LogP contribution in [0.15, 0.2) is 16.5 Å². The van der Waals surface area contributed by atoms with E-state index in [1.165, 1.54) is 25.7 Å². The number of hydrogen-bond acceptors (Lipinski definition) is 4. The van der Waals surface area contributed by atoms with Crippen LogP contribution in [-0.2, 0) is 17.9 Å². The van der Waals surface area contributed by atoms with Crippen molar-refractivity contribution in [1.82, 2.24) is 9.80 Å². The van der Waals surface area contributed by atoms with Crippen molar-refractivity contribution in [3.05, 3.63) is 23.7 Å². The fraction of sp³-hybridized carbons (Fsp3) is 0.722. The number of furan rings is 1. The third kappa shape index (κ3) is 4.58. The Morgan fingerprint density at radius 2 is 1.96 bits per heavy atom. The van der Waals surface area contributed by atoms with Crippen LogP contribution in [-0.4, -0.2) is 47.0 Å². The molecule has 2 aliphatic rings. The van der Waals surface area contributed by atoms with E-state index in [1.807, 2.05) is 17.0 Å². The number of aliphatic hydroxyl groups excluding tert-OH is 1. The second kappa shape index (κ2) is 7.97. The van der Waals surface area contributed by atoms with Gasteiger partial charge in [0, 0.05) is 26.1 Å². The Hall–Kier alpha value is -1.33. The van der Waals surface area contributed by atoms with Gasteiger partial charge in [0.25, 0.3) is 0 Å². The molecule has 0 bridgehead atoms. The summed E-state index contributed by atoms with van der Waals surface area (Å²) < 4.78 is 5.58. The van der Waals surface area contributed by atoms with Gasteiger partial charge in [-0.2, -0.15) is 0 Å². The highest BCUT2D eigenvalue weighted by atomic mass is 16.4. The van der Waals surface area contributed by atoms with Gasteiger partial charge in [-0.3, -0.25) is 9.69 Å². The molecule has 1 aromatic heterocycles. The van der Waals surface area contributed by atoms with E-state index in [0.29, 0.717) is 24.0 Å².